The van der Waals surface area contributed by atoms with Gasteiger partial charge < -0.3 is 10.1 Å². The van der Waals surface area contributed by atoms with Crippen molar-refractivity contribution in [3.05, 3.63) is 65.9 Å². The zero-order valence-corrected chi connectivity index (χ0v) is 16.3. The maximum Gasteiger partial charge on any atom is 0.417 e. The third-order valence-electron chi connectivity index (χ3n) is 4.51. The topological polar surface area (TPSA) is 94.3 Å². The number of nitrogens with one attached hydrogen (secondary N) is 1. The van der Waals surface area contributed by atoms with Gasteiger partial charge in [-0.2, -0.15) is 18.3 Å². The van der Waals surface area contributed by atoms with E-state index in [1.807, 2.05) is 0 Å². The van der Waals surface area contributed by atoms with E-state index in [1.54, 1.807) is 6.92 Å². The van der Waals surface area contributed by atoms with E-state index in [1.165, 1.54) is 54.5 Å². The SMILES string of the molecule is COc1cncnc1NC(=O)c1c(C)nc2ccc(-c3ccccc3C(F)(F)F)nn12. The molecule has 0 saturated heterocycles. The van der Waals surface area contributed by atoms with Crippen LogP contribution in [-0.2, 0) is 6.18 Å². The van der Waals surface area contributed by atoms with Gasteiger partial charge in [-0.15, -0.1) is 0 Å². The van der Waals surface area contributed by atoms with Crippen molar-refractivity contribution in [1.29, 1.82) is 0 Å². The van der Waals surface area contributed by atoms with Gasteiger partial charge in [-0.1, -0.05) is 18.2 Å². The summed E-state index contributed by atoms with van der Waals surface area (Å²) >= 11 is 0. The van der Waals surface area contributed by atoms with Gasteiger partial charge in [-0.3, -0.25) is 4.79 Å². The molecule has 0 aliphatic heterocycles. The number of benzene rings is 1. The van der Waals surface area contributed by atoms with Crippen molar-refractivity contribution >= 4 is 17.4 Å². The van der Waals surface area contributed by atoms with Crippen LogP contribution in [0.15, 0.2) is 48.9 Å². The molecule has 158 valence electrons. The van der Waals surface area contributed by atoms with E-state index in [9.17, 15) is 18.0 Å². The number of halogens is 3. The normalized spacial score (nSPS) is 11.5. The number of carbonyl (C=O) groups excluding carboxylic acids is 1. The number of alkyl halides is 3. The van der Waals surface area contributed by atoms with Crippen LogP contribution in [0, 0.1) is 6.92 Å². The van der Waals surface area contributed by atoms with Crippen molar-refractivity contribution in [2.45, 2.75) is 13.1 Å². The third-order valence-corrected chi connectivity index (χ3v) is 4.51. The van der Waals surface area contributed by atoms with Crippen molar-refractivity contribution in [1.82, 2.24) is 24.6 Å². The second-order valence-corrected chi connectivity index (χ2v) is 6.47. The average molecular weight is 428 g/mol. The van der Waals surface area contributed by atoms with Gasteiger partial charge in [0.05, 0.1) is 30.3 Å². The standard InChI is InChI=1S/C20H15F3N6O2/c1-11-17(19(30)27-18-15(31-2)9-24-10-25-18)29-16(26-11)8-7-14(28-29)12-5-3-4-6-13(12)20(21,22)23/h3-10H,1-2H3,(H,24,25,27,30). The Morgan fingerprint density at radius 3 is 2.68 bits per heavy atom. The van der Waals surface area contributed by atoms with E-state index < -0.39 is 17.6 Å². The molecule has 0 fully saturated rings. The summed E-state index contributed by atoms with van der Waals surface area (Å²) in [7, 11) is 1.40. The van der Waals surface area contributed by atoms with Gasteiger partial charge in [0.1, 0.15) is 6.33 Å². The highest BCUT2D eigenvalue weighted by molar-refractivity contribution is 6.04. The average Bonchev–Trinajstić information content (AvgIpc) is 3.08. The lowest BCUT2D eigenvalue weighted by atomic mass is 10.0. The molecular formula is C20H15F3N6O2. The maximum atomic E-state index is 13.4. The van der Waals surface area contributed by atoms with Crippen LogP contribution in [0.5, 0.6) is 5.75 Å². The number of ether oxygens (including phenoxy) is 1. The molecule has 0 saturated carbocycles. The summed E-state index contributed by atoms with van der Waals surface area (Å²) in [6, 6.07) is 8.04. The number of hydrogen-bond donors (Lipinski definition) is 1. The minimum atomic E-state index is -4.55. The number of aromatic nitrogens is 5. The molecule has 8 nitrogen and oxygen atoms in total. The first-order valence-electron chi connectivity index (χ1n) is 8.98. The summed E-state index contributed by atoms with van der Waals surface area (Å²) in [5.74, 6) is -0.221. The molecule has 0 unspecified atom stereocenters. The predicted molar refractivity (Wildman–Crippen MR) is 105 cm³/mol. The largest absolute Gasteiger partial charge is 0.491 e. The van der Waals surface area contributed by atoms with Crippen LogP contribution in [0.3, 0.4) is 0 Å². The molecule has 1 aromatic carbocycles. The number of imidazole rings is 1. The molecule has 1 N–H and O–H groups in total. The van der Waals surface area contributed by atoms with Crippen molar-refractivity contribution in [3.8, 4) is 17.0 Å². The number of anilines is 1. The van der Waals surface area contributed by atoms with Gasteiger partial charge in [-0.05, 0) is 25.1 Å². The molecule has 0 bridgehead atoms. The Labute approximate surface area is 173 Å². The van der Waals surface area contributed by atoms with Crippen LogP contribution in [0.1, 0.15) is 21.7 Å². The summed E-state index contributed by atoms with van der Waals surface area (Å²) in [6.07, 6.45) is -1.93. The molecule has 11 heteroatoms. The number of methoxy groups -OCH3 is 1. The Morgan fingerprint density at radius 2 is 1.94 bits per heavy atom. The zero-order chi connectivity index (χ0) is 22.2. The fourth-order valence-electron chi connectivity index (χ4n) is 3.13. The summed E-state index contributed by atoms with van der Waals surface area (Å²) in [5.41, 5.74) is -0.166. The van der Waals surface area contributed by atoms with Gasteiger partial charge in [-0.25, -0.2) is 19.5 Å². The number of fused-ring (bicyclic) bond motifs is 1. The van der Waals surface area contributed by atoms with Crippen molar-refractivity contribution in [3.63, 3.8) is 0 Å². The lowest BCUT2D eigenvalue weighted by Gasteiger charge is -2.12. The third kappa shape index (κ3) is 3.77. The lowest BCUT2D eigenvalue weighted by molar-refractivity contribution is -0.137. The minimum Gasteiger partial charge on any atom is -0.491 e. The van der Waals surface area contributed by atoms with E-state index in [0.717, 1.165) is 6.07 Å². The van der Waals surface area contributed by atoms with Gasteiger partial charge in [0.25, 0.3) is 5.91 Å². The number of nitrogens with zero attached hydrogens (tertiary/aromatic N) is 5. The van der Waals surface area contributed by atoms with E-state index in [-0.39, 0.29) is 28.5 Å². The first-order chi connectivity index (χ1) is 14.8. The summed E-state index contributed by atoms with van der Waals surface area (Å²) in [6.45, 7) is 1.60. The Bertz CT molecular complexity index is 1290. The van der Waals surface area contributed by atoms with Crippen LogP contribution >= 0.6 is 0 Å². The summed E-state index contributed by atoms with van der Waals surface area (Å²) in [5, 5.41) is 6.87. The highest BCUT2D eigenvalue weighted by atomic mass is 19.4. The number of carbonyl (C=O) groups is 1. The van der Waals surface area contributed by atoms with Gasteiger partial charge in [0, 0.05) is 5.56 Å². The quantitative estimate of drug-likeness (QED) is 0.532. The van der Waals surface area contributed by atoms with E-state index >= 15 is 0 Å². The van der Waals surface area contributed by atoms with Crippen LogP contribution in [-0.4, -0.2) is 37.6 Å². The number of aryl methyl sites for hydroxylation is 1. The second-order valence-electron chi connectivity index (χ2n) is 6.47. The molecule has 3 aromatic heterocycles. The molecule has 4 rings (SSSR count). The molecule has 3 heterocycles. The highest BCUT2D eigenvalue weighted by Crippen LogP contribution is 2.36. The zero-order valence-electron chi connectivity index (χ0n) is 16.3. The van der Waals surface area contributed by atoms with E-state index in [4.69, 9.17) is 4.74 Å². The van der Waals surface area contributed by atoms with Crippen LogP contribution in [0.2, 0.25) is 0 Å². The minimum absolute atomic E-state index is 0.0477. The van der Waals surface area contributed by atoms with Gasteiger partial charge >= 0.3 is 6.18 Å². The molecule has 0 aliphatic rings. The maximum absolute atomic E-state index is 13.4. The molecule has 0 spiro atoms. The lowest BCUT2D eigenvalue weighted by Crippen LogP contribution is -2.18. The first kappa shape index (κ1) is 20.3. The first-order valence-corrected chi connectivity index (χ1v) is 8.98. The Hall–Kier alpha value is -4.02. The summed E-state index contributed by atoms with van der Waals surface area (Å²) in [4.78, 5) is 25.0. The van der Waals surface area contributed by atoms with Crippen molar-refractivity contribution < 1.29 is 22.7 Å². The molecule has 4 aromatic rings. The highest BCUT2D eigenvalue weighted by Gasteiger charge is 2.34. The predicted octanol–water partition coefficient (Wildman–Crippen LogP) is 3.77. The van der Waals surface area contributed by atoms with E-state index in [0.29, 0.717) is 11.3 Å². The monoisotopic (exact) mass is 428 g/mol. The Balaban J connectivity index is 1.80. The number of hydrogen-bond acceptors (Lipinski definition) is 6. The van der Waals surface area contributed by atoms with E-state index in [2.05, 4.69) is 25.4 Å². The molecular weight excluding hydrogens is 413 g/mol. The van der Waals surface area contributed by atoms with Gasteiger partial charge in [0.2, 0.25) is 0 Å². The van der Waals surface area contributed by atoms with Crippen LogP contribution in [0.25, 0.3) is 16.9 Å². The van der Waals surface area contributed by atoms with Crippen LogP contribution < -0.4 is 10.1 Å². The Kier molecular flexibility index (Phi) is 5.01. The van der Waals surface area contributed by atoms with Crippen molar-refractivity contribution in [2.75, 3.05) is 12.4 Å². The fourth-order valence-corrected chi connectivity index (χ4v) is 3.13. The molecule has 31 heavy (non-hydrogen) atoms. The second kappa shape index (κ2) is 7.67. The van der Waals surface area contributed by atoms with Crippen LogP contribution in [0.4, 0.5) is 19.0 Å². The number of amides is 1. The molecule has 0 aliphatic carbocycles. The van der Waals surface area contributed by atoms with Gasteiger partial charge in [0.15, 0.2) is 22.9 Å². The molecule has 0 radical (unpaired) electrons. The molecule has 0 atom stereocenters. The Morgan fingerprint density at radius 1 is 1.16 bits per heavy atom. The number of rotatable bonds is 4. The smallest absolute Gasteiger partial charge is 0.417 e. The molecule has 1 amide bonds. The fraction of sp³-hybridized carbons (Fsp3) is 0.150. The summed E-state index contributed by atoms with van der Waals surface area (Å²) < 4.78 is 46.6. The van der Waals surface area contributed by atoms with Crippen molar-refractivity contribution in [2.24, 2.45) is 0 Å².